The third-order valence-electron chi connectivity index (χ3n) is 3.59. The van der Waals surface area contributed by atoms with Crippen LogP contribution in [0.5, 0.6) is 0 Å². The fourth-order valence-corrected chi connectivity index (χ4v) is 2.26. The lowest BCUT2D eigenvalue weighted by molar-refractivity contribution is -0.384. The normalized spacial score (nSPS) is 14.8. The second-order valence-corrected chi connectivity index (χ2v) is 5.69. The predicted molar refractivity (Wildman–Crippen MR) is 86.1 cm³/mol. The molecule has 1 unspecified atom stereocenters. The number of non-ortho nitro benzene ring substituents is 1. The molecule has 0 spiro atoms. The van der Waals surface area contributed by atoms with Crippen LogP contribution in [0.15, 0.2) is 24.3 Å². The van der Waals surface area contributed by atoms with Gasteiger partial charge in [-0.2, -0.15) is 0 Å². The summed E-state index contributed by atoms with van der Waals surface area (Å²) >= 11 is 4.91. The van der Waals surface area contributed by atoms with Crippen molar-refractivity contribution in [3.63, 3.8) is 0 Å². The molecule has 0 heterocycles. The summed E-state index contributed by atoms with van der Waals surface area (Å²) in [5.74, 6) is -0.171. The Morgan fingerprint density at radius 2 is 2.18 bits per heavy atom. The van der Waals surface area contributed by atoms with Crippen molar-refractivity contribution in [1.82, 2.24) is 16.2 Å². The van der Waals surface area contributed by atoms with Crippen LogP contribution < -0.4 is 16.2 Å². The molecule has 1 fully saturated rings. The number of hydrogen-bond acceptors (Lipinski definition) is 4. The summed E-state index contributed by atoms with van der Waals surface area (Å²) in [4.78, 5) is 22.8. The van der Waals surface area contributed by atoms with Crippen molar-refractivity contribution in [3.05, 3.63) is 39.9 Å². The zero-order chi connectivity index (χ0) is 16.1. The Morgan fingerprint density at radius 3 is 2.77 bits per heavy atom. The van der Waals surface area contributed by atoms with Gasteiger partial charge in [-0.15, -0.1) is 0 Å². The fraction of sp³-hybridized carbons (Fsp3) is 0.429. The van der Waals surface area contributed by atoms with Gasteiger partial charge < -0.3 is 5.32 Å². The Hall–Kier alpha value is -2.22. The van der Waals surface area contributed by atoms with Gasteiger partial charge in [0, 0.05) is 19.2 Å². The van der Waals surface area contributed by atoms with Crippen LogP contribution in [0.2, 0.25) is 0 Å². The number of carbonyl (C=O) groups excluding carboxylic acids is 1. The van der Waals surface area contributed by atoms with Gasteiger partial charge in [0.2, 0.25) is 5.91 Å². The van der Waals surface area contributed by atoms with Gasteiger partial charge in [-0.25, -0.2) is 0 Å². The molecule has 0 aromatic heterocycles. The Kier molecular flexibility index (Phi) is 5.26. The van der Waals surface area contributed by atoms with Gasteiger partial charge in [0.15, 0.2) is 5.11 Å². The van der Waals surface area contributed by atoms with Crippen LogP contribution in [0.3, 0.4) is 0 Å². The van der Waals surface area contributed by atoms with Crippen LogP contribution in [0.1, 0.15) is 30.7 Å². The molecule has 1 aromatic rings. The van der Waals surface area contributed by atoms with Gasteiger partial charge in [0.25, 0.3) is 5.69 Å². The number of hydrazine groups is 1. The van der Waals surface area contributed by atoms with E-state index < -0.39 is 10.8 Å². The van der Waals surface area contributed by atoms with Crippen molar-refractivity contribution in [2.75, 3.05) is 7.05 Å². The lowest BCUT2D eigenvalue weighted by atomic mass is 9.92. The van der Waals surface area contributed by atoms with E-state index >= 15 is 0 Å². The first-order chi connectivity index (χ1) is 10.5. The standard InChI is InChI=1S/C14H18N4O3S/c1-15-14(22)17-16-13(19)12(7-9-5-6-9)10-3-2-4-11(8-10)18(20)21/h2-4,8-9,12H,5-7H2,1H3,(H,16,19)(H2,15,17,22). The van der Waals surface area contributed by atoms with Crippen molar-refractivity contribution >= 4 is 28.9 Å². The lowest BCUT2D eigenvalue weighted by Gasteiger charge is -2.18. The highest BCUT2D eigenvalue weighted by molar-refractivity contribution is 7.80. The monoisotopic (exact) mass is 322 g/mol. The lowest BCUT2D eigenvalue weighted by Crippen LogP contribution is -2.47. The van der Waals surface area contributed by atoms with Crippen LogP contribution >= 0.6 is 12.2 Å². The van der Waals surface area contributed by atoms with Crippen molar-refractivity contribution in [2.45, 2.75) is 25.2 Å². The first-order valence-corrected chi connectivity index (χ1v) is 7.44. The summed E-state index contributed by atoms with van der Waals surface area (Å²) in [5, 5.41) is 13.9. The molecule has 7 nitrogen and oxygen atoms in total. The van der Waals surface area contributed by atoms with E-state index in [4.69, 9.17) is 12.2 Å². The van der Waals surface area contributed by atoms with Crippen LogP contribution in [0.25, 0.3) is 0 Å². The highest BCUT2D eigenvalue weighted by Gasteiger charge is 2.31. The first-order valence-electron chi connectivity index (χ1n) is 7.03. The van der Waals surface area contributed by atoms with Gasteiger partial charge in [-0.3, -0.25) is 25.8 Å². The van der Waals surface area contributed by atoms with E-state index in [2.05, 4.69) is 16.2 Å². The molecular weight excluding hydrogens is 304 g/mol. The summed E-state index contributed by atoms with van der Waals surface area (Å²) < 4.78 is 0. The molecule has 0 saturated heterocycles. The van der Waals surface area contributed by atoms with Crippen molar-refractivity contribution < 1.29 is 9.72 Å². The van der Waals surface area contributed by atoms with Crippen LogP contribution in [0, 0.1) is 16.0 Å². The smallest absolute Gasteiger partial charge is 0.269 e. The summed E-state index contributed by atoms with van der Waals surface area (Å²) in [6.07, 6.45) is 2.88. The molecular formula is C14H18N4O3S. The number of amides is 1. The first kappa shape index (κ1) is 16.2. The number of nitro groups is 1. The number of hydrogen-bond donors (Lipinski definition) is 3. The van der Waals surface area contributed by atoms with Crippen molar-refractivity contribution in [3.8, 4) is 0 Å². The second kappa shape index (κ2) is 7.17. The number of thiocarbonyl (C=S) groups is 1. The molecule has 118 valence electrons. The molecule has 1 aromatic carbocycles. The Labute approximate surface area is 133 Å². The number of rotatable bonds is 5. The van der Waals surface area contributed by atoms with E-state index in [-0.39, 0.29) is 11.6 Å². The van der Waals surface area contributed by atoms with Crippen LogP contribution in [-0.4, -0.2) is 23.0 Å². The maximum absolute atomic E-state index is 12.4. The third-order valence-corrected chi connectivity index (χ3v) is 3.90. The van der Waals surface area contributed by atoms with E-state index in [0.717, 1.165) is 12.8 Å². The number of nitrogens with one attached hydrogen (secondary N) is 3. The molecule has 1 atom stereocenters. The molecule has 22 heavy (non-hydrogen) atoms. The number of nitro benzene ring substituents is 1. The summed E-state index contributed by atoms with van der Waals surface area (Å²) in [7, 11) is 1.64. The van der Waals surface area contributed by atoms with E-state index in [1.807, 2.05) is 0 Å². The van der Waals surface area contributed by atoms with Gasteiger partial charge in [-0.05, 0) is 30.1 Å². The molecule has 1 aliphatic carbocycles. The second-order valence-electron chi connectivity index (χ2n) is 5.28. The zero-order valence-corrected chi connectivity index (χ0v) is 13.0. The van der Waals surface area contributed by atoms with Crippen molar-refractivity contribution in [2.24, 2.45) is 5.92 Å². The summed E-state index contributed by atoms with van der Waals surface area (Å²) in [6.45, 7) is 0. The van der Waals surface area contributed by atoms with Gasteiger partial charge in [0.1, 0.15) is 0 Å². The Bertz CT molecular complexity index is 589. The molecule has 1 amide bonds. The third kappa shape index (κ3) is 4.39. The maximum atomic E-state index is 12.4. The summed E-state index contributed by atoms with van der Waals surface area (Å²) in [5.41, 5.74) is 5.79. The average molecular weight is 322 g/mol. The van der Waals surface area contributed by atoms with Gasteiger partial charge in [0.05, 0.1) is 10.8 Å². The molecule has 1 aliphatic rings. The number of carbonyl (C=O) groups is 1. The minimum Gasteiger partial charge on any atom is -0.364 e. The molecule has 1 saturated carbocycles. The fourth-order valence-electron chi connectivity index (χ4n) is 2.20. The highest BCUT2D eigenvalue weighted by Crippen LogP contribution is 2.39. The van der Waals surface area contributed by atoms with E-state index in [1.165, 1.54) is 12.1 Å². The molecule has 0 radical (unpaired) electrons. The Balaban J connectivity index is 2.14. The van der Waals surface area contributed by atoms with E-state index in [9.17, 15) is 14.9 Å². The quantitative estimate of drug-likeness (QED) is 0.433. The van der Waals surface area contributed by atoms with E-state index in [0.29, 0.717) is 23.0 Å². The minimum atomic E-state index is -0.454. The number of nitrogens with zero attached hydrogens (tertiary/aromatic N) is 1. The molecule has 0 bridgehead atoms. The average Bonchev–Trinajstić information content (AvgIpc) is 3.34. The van der Waals surface area contributed by atoms with Crippen LogP contribution in [-0.2, 0) is 4.79 Å². The zero-order valence-electron chi connectivity index (χ0n) is 12.2. The maximum Gasteiger partial charge on any atom is 0.269 e. The van der Waals surface area contributed by atoms with Gasteiger partial charge >= 0.3 is 0 Å². The highest BCUT2D eigenvalue weighted by atomic mass is 32.1. The predicted octanol–water partition coefficient (Wildman–Crippen LogP) is 1.60. The van der Waals surface area contributed by atoms with E-state index in [1.54, 1.807) is 19.2 Å². The van der Waals surface area contributed by atoms with Crippen molar-refractivity contribution in [1.29, 1.82) is 0 Å². The Morgan fingerprint density at radius 1 is 1.45 bits per heavy atom. The molecule has 8 heteroatoms. The molecule has 3 N–H and O–H groups in total. The summed E-state index contributed by atoms with van der Waals surface area (Å²) in [6, 6.07) is 6.23. The SMILES string of the molecule is CNC(=S)NNC(=O)C(CC1CC1)c1cccc([N+](=O)[O-])c1. The largest absolute Gasteiger partial charge is 0.364 e. The molecule has 2 rings (SSSR count). The van der Waals surface area contributed by atoms with Gasteiger partial charge in [-0.1, -0.05) is 25.0 Å². The molecule has 0 aliphatic heterocycles. The minimum absolute atomic E-state index is 0.00944. The topological polar surface area (TPSA) is 96.3 Å². The number of benzene rings is 1. The van der Waals surface area contributed by atoms with Crippen LogP contribution in [0.4, 0.5) is 5.69 Å².